The summed E-state index contributed by atoms with van der Waals surface area (Å²) in [4.78, 5) is 24.6. The van der Waals surface area contributed by atoms with Gasteiger partial charge in [-0.05, 0) is 61.7 Å². The lowest BCUT2D eigenvalue weighted by Gasteiger charge is -2.59. The Bertz CT molecular complexity index is 1600. The molecule has 12 heteroatoms. The molecule has 194 valence electrons. The summed E-state index contributed by atoms with van der Waals surface area (Å²) in [6.07, 6.45) is 1.85. The lowest BCUT2D eigenvalue weighted by Crippen LogP contribution is -2.71. The summed E-state index contributed by atoms with van der Waals surface area (Å²) in [6.45, 7) is 8.23. The number of rotatable bonds is 4. The summed E-state index contributed by atoms with van der Waals surface area (Å²) in [5.41, 5.74) is 5.27. The number of nitrogens with one attached hydrogen (secondary N) is 2. The average Bonchev–Trinajstić information content (AvgIpc) is 3.52. The molecule has 6 heterocycles. The van der Waals surface area contributed by atoms with Gasteiger partial charge >= 0.3 is 0 Å². The summed E-state index contributed by atoms with van der Waals surface area (Å²) >= 11 is 0. The van der Waals surface area contributed by atoms with E-state index < -0.39 is 0 Å². The maximum absolute atomic E-state index is 13.4. The quantitative estimate of drug-likeness (QED) is 0.425. The van der Waals surface area contributed by atoms with Crippen molar-refractivity contribution in [1.82, 2.24) is 40.3 Å². The van der Waals surface area contributed by atoms with Crippen LogP contribution in [0, 0.1) is 5.41 Å². The number of hydrogen-bond donors (Lipinski definition) is 2. The van der Waals surface area contributed by atoms with Crippen LogP contribution in [0.5, 0.6) is 0 Å². The molecule has 0 unspecified atom stereocenters. The van der Waals surface area contributed by atoms with Gasteiger partial charge in [-0.1, -0.05) is 5.10 Å². The number of aromatic nitrogens is 7. The van der Waals surface area contributed by atoms with Crippen molar-refractivity contribution in [3.05, 3.63) is 47.8 Å². The van der Waals surface area contributed by atoms with Crippen LogP contribution < -0.4 is 15.1 Å². The fraction of sp³-hybridized carbons (Fsp3) is 0.385. The Hall–Kier alpha value is -4.32. The van der Waals surface area contributed by atoms with E-state index in [0.717, 1.165) is 59.9 Å². The molecule has 1 spiro atoms. The Morgan fingerprint density at radius 2 is 1.95 bits per heavy atom. The SMILES string of the molecule is CC1=C(C(=O)Nc2ccc3[nH]nc(-c4ccnc(N5CC6(CN(C)C6)C5)c4)c3c2)[C@H](C)n2nnnc2N1C. The molecule has 1 amide bonds. The first kappa shape index (κ1) is 22.8. The van der Waals surface area contributed by atoms with Gasteiger partial charge in [-0.15, -0.1) is 0 Å². The molecule has 12 nitrogen and oxygen atoms in total. The van der Waals surface area contributed by atoms with E-state index in [4.69, 9.17) is 0 Å². The van der Waals surface area contributed by atoms with Crippen molar-refractivity contribution in [3.8, 4) is 11.3 Å². The van der Waals surface area contributed by atoms with Gasteiger partial charge in [-0.3, -0.25) is 9.89 Å². The number of carbonyl (C=O) groups excluding carboxylic acids is 1. The first-order valence-corrected chi connectivity index (χ1v) is 12.7. The highest BCUT2D eigenvalue weighted by atomic mass is 16.1. The van der Waals surface area contributed by atoms with Crippen LogP contribution in [0.1, 0.15) is 19.9 Å². The Labute approximate surface area is 219 Å². The second kappa shape index (κ2) is 8.09. The minimum absolute atomic E-state index is 0.188. The van der Waals surface area contributed by atoms with E-state index in [0.29, 0.717) is 22.6 Å². The molecule has 1 aromatic carbocycles. The van der Waals surface area contributed by atoms with Crippen LogP contribution in [-0.2, 0) is 4.79 Å². The number of tetrazole rings is 1. The third-order valence-electron chi connectivity index (χ3n) is 8.12. The third kappa shape index (κ3) is 3.40. The van der Waals surface area contributed by atoms with E-state index in [9.17, 15) is 4.79 Å². The summed E-state index contributed by atoms with van der Waals surface area (Å²) in [5, 5.41) is 23.7. The van der Waals surface area contributed by atoms with E-state index >= 15 is 0 Å². The second-order valence-corrected chi connectivity index (χ2v) is 10.9. The van der Waals surface area contributed by atoms with Crippen LogP contribution in [0.3, 0.4) is 0 Å². The molecule has 2 N–H and O–H groups in total. The van der Waals surface area contributed by atoms with E-state index in [1.807, 2.05) is 56.3 Å². The molecule has 4 aromatic rings. The van der Waals surface area contributed by atoms with Gasteiger partial charge in [0.15, 0.2) is 0 Å². The Morgan fingerprint density at radius 1 is 1.13 bits per heavy atom. The maximum atomic E-state index is 13.4. The summed E-state index contributed by atoms with van der Waals surface area (Å²) in [6, 6.07) is 9.57. The number of anilines is 3. The van der Waals surface area contributed by atoms with E-state index in [-0.39, 0.29) is 11.9 Å². The number of fused-ring (bicyclic) bond motifs is 2. The highest BCUT2D eigenvalue weighted by molar-refractivity contribution is 6.07. The first-order valence-electron chi connectivity index (χ1n) is 12.7. The van der Waals surface area contributed by atoms with Crippen LogP contribution in [0.15, 0.2) is 47.8 Å². The lowest BCUT2D eigenvalue weighted by molar-refractivity contribution is -0.113. The van der Waals surface area contributed by atoms with Crippen molar-refractivity contribution in [2.75, 3.05) is 55.4 Å². The van der Waals surface area contributed by atoms with Crippen molar-refractivity contribution in [3.63, 3.8) is 0 Å². The van der Waals surface area contributed by atoms with Crippen LogP contribution in [0.2, 0.25) is 0 Å². The van der Waals surface area contributed by atoms with E-state index in [1.165, 1.54) is 0 Å². The molecule has 0 radical (unpaired) electrons. The van der Waals surface area contributed by atoms with Gasteiger partial charge in [-0.2, -0.15) is 5.10 Å². The molecule has 38 heavy (non-hydrogen) atoms. The predicted molar refractivity (Wildman–Crippen MR) is 144 cm³/mol. The van der Waals surface area contributed by atoms with Gasteiger partial charge in [0.25, 0.3) is 5.91 Å². The zero-order valence-electron chi connectivity index (χ0n) is 21.8. The number of hydrogen-bond acceptors (Lipinski definition) is 9. The number of allylic oxidation sites excluding steroid dienone is 1. The highest BCUT2D eigenvalue weighted by Gasteiger charge is 2.50. The molecule has 0 bridgehead atoms. The molecule has 7 rings (SSSR count). The minimum Gasteiger partial charge on any atom is -0.355 e. The average molecular weight is 512 g/mol. The number of aromatic amines is 1. The Kier molecular flexibility index (Phi) is 4.86. The molecule has 2 fully saturated rings. The number of carbonyl (C=O) groups is 1. The third-order valence-corrected chi connectivity index (χ3v) is 8.12. The van der Waals surface area contributed by atoms with Gasteiger partial charge in [0, 0.05) is 67.2 Å². The predicted octanol–water partition coefficient (Wildman–Crippen LogP) is 2.29. The first-order chi connectivity index (χ1) is 18.3. The summed E-state index contributed by atoms with van der Waals surface area (Å²) in [5.74, 6) is 1.40. The summed E-state index contributed by atoms with van der Waals surface area (Å²) in [7, 11) is 4.02. The molecule has 0 aliphatic carbocycles. The number of pyridine rings is 1. The number of benzene rings is 1. The molecule has 1 atom stereocenters. The molecule has 3 aromatic heterocycles. The van der Waals surface area contributed by atoms with Crippen LogP contribution in [0.25, 0.3) is 22.2 Å². The van der Waals surface area contributed by atoms with Gasteiger partial charge < -0.3 is 20.0 Å². The van der Waals surface area contributed by atoms with Crippen molar-refractivity contribution >= 4 is 34.3 Å². The van der Waals surface area contributed by atoms with E-state index in [2.05, 4.69) is 58.9 Å². The normalized spacial score (nSPS) is 20.5. The molecule has 0 saturated carbocycles. The smallest absolute Gasteiger partial charge is 0.255 e. The van der Waals surface area contributed by atoms with Crippen LogP contribution in [0.4, 0.5) is 17.5 Å². The van der Waals surface area contributed by atoms with Crippen molar-refractivity contribution in [1.29, 1.82) is 0 Å². The van der Waals surface area contributed by atoms with Crippen molar-refractivity contribution < 1.29 is 4.79 Å². The summed E-state index contributed by atoms with van der Waals surface area (Å²) < 4.78 is 1.66. The number of H-pyrrole nitrogens is 1. The molecular formula is C26H29N11O. The number of nitrogens with zero attached hydrogens (tertiary/aromatic N) is 9. The topological polar surface area (TPSA) is 124 Å². The molecule has 3 aliphatic rings. The number of likely N-dealkylation sites (tertiary alicyclic amines) is 1. The Morgan fingerprint density at radius 3 is 2.74 bits per heavy atom. The monoisotopic (exact) mass is 511 g/mol. The van der Waals surface area contributed by atoms with Gasteiger partial charge in [0.2, 0.25) is 5.95 Å². The lowest BCUT2D eigenvalue weighted by atomic mass is 9.73. The van der Waals surface area contributed by atoms with Crippen LogP contribution >= 0.6 is 0 Å². The maximum Gasteiger partial charge on any atom is 0.255 e. The largest absolute Gasteiger partial charge is 0.355 e. The van der Waals surface area contributed by atoms with Crippen LogP contribution in [-0.4, -0.2) is 86.5 Å². The van der Waals surface area contributed by atoms with Gasteiger partial charge in [0.05, 0.1) is 17.1 Å². The second-order valence-electron chi connectivity index (χ2n) is 10.9. The van der Waals surface area contributed by atoms with Gasteiger partial charge in [0.1, 0.15) is 11.5 Å². The molecular weight excluding hydrogens is 482 g/mol. The molecule has 3 aliphatic heterocycles. The molecule has 2 saturated heterocycles. The fourth-order valence-corrected chi connectivity index (χ4v) is 6.24. The van der Waals surface area contributed by atoms with Gasteiger partial charge in [-0.25, -0.2) is 9.67 Å². The van der Waals surface area contributed by atoms with E-state index in [1.54, 1.807) is 4.68 Å². The highest BCUT2D eigenvalue weighted by Crippen LogP contribution is 2.41. The fourth-order valence-electron chi connectivity index (χ4n) is 6.24. The minimum atomic E-state index is -0.291. The standard InChI is InChI=1S/C26H29N11O/c1-15-22(16(2)37-25(35(15)4)31-32-33-37)24(38)28-18-5-6-20-19(10-18)23(30-29-20)17-7-8-27-21(9-17)36-13-26(14-36)11-34(3)12-26/h5-10,16H,11-14H2,1-4H3,(H,28,38)(H,29,30)/t16-/m0/s1. The number of amides is 1. The zero-order valence-corrected chi connectivity index (χ0v) is 21.8. The zero-order chi connectivity index (χ0) is 26.2. The van der Waals surface area contributed by atoms with Crippen molar-refractivity contribution in [2.24, 2.45) is 5.41 Å². The Balaban J connectivity index is 1.15. The van der Waals surface area contributed by atoms with Crippen molar-refractivity contribution in [2.45, 2.75) is 19.9 Å².